The summed E-state index contributed by atoms with van der Waals surface area (Å²) in [7, 11) is 0. The molecule has 1 aliphatic heterocycles. The topological polar surface area (TPSA) is 49.8 Å². The Kier molecular flexibility index (Phi) is 4.57. The number of carbonyl (C=O) groups is 1. The van der Waals surface area contributed by atoms with Crippen LogP contribution in [0.5, 0.6) is 0 Å². The number of hydrogen-bond donors (Lipinski definition) is 1. The molecule has 2 fully saturated rings. The monoisotopic (exact) mass is 321 g/mol. The lowest BCUT2D eigenvalue weighted by atomic mass is 9.66. The molecule has 1 saturated heterocycles. The second-order valence-electron chi connectivity index (χ2n) is 6.59. The van der Waals surface area contributed by atoms with E-state index in [1.807, 2.05) is 0 Å². The molecule has 3 rings (SSSR count). The number of carbonyl (C=O) groups excluding carboxylic acids is 1. The zero-order chi connectivity index (χ0) is 16.4. The molecule has 0 aromatic heterocycles. The minimum atomic E-state index is -0.736. The lowest BCUT2D eigenvalue weighted by molar-refractivity contribution is -0.118. The third-order valence-corrected chi connectivity index (χ3v) is 5.28. The fourth-order valence-corrected chi connectivity index (χ4v) is 4.17. The summed E-state index contributed by atoms with van der Waals surface area (Å²) >= 11 is 0. The Labute approximate surface area is 136 Å². The van der Waals surface area contributed by atoms with E-state index in [4.69, 9.17) is 4.74 Å². The van der Waals surface area contributed by atoms with E-state index in [0.29, 0.717) is 19.6 Å². The van der Waals surface area contributed by atoms with Gasteiger partial charge in [-0.2, -0.15) is 0 Å². The second-order valence-corrected chi connectivity index (χ2v) is 6.59. The van der Waals surface area contributed by atoms with Gasteiger partial charge in [0, 0.05) is 12.5 Å². The number of benzene rings is 1. The van der Waals surface area contributed by atoms with Crippen molar-refractivity contribution in [2.24, 2.45) is 5.92 Å². The van der Waals surface area contributed by atoms with E-state index >= 15 is 0 Å². The lowest BCUT2D eigenvalue weighted by Crippen LogP contribution is -2.56. The number of hydrogen-bond acceptors (Lipinski definition) is 3. The molecule has 1 saturated carbocycles. The van der Waals surface area contributed by atoms with Crippen LogP contribution in [0.25, 0.3) is 0 Å². The standard InChI is InChI=1S/C18H24FNO3/c1-2-23-17(21)20-12-11-18(22)10-4-3-5-15(18)16(20)13-6-8-14(19)9-7-13/h6-9,15-16,22H,2-5,10-12H2,1H3/t15-,16+,18+/m0/s1. The summed E-state index contributed by atoms with van der Waals surface area (Å²) in [5.74, 6) is -0.328. The Morgan fingerprint density at radius 2 is 2.09 bits per heavy atom. The van der Waals surface area contributed by atoms with Crippen molar-refractivity contribution in [3.63, 3.8) is 0 Å². The Morgan fingerprint density at radius 3 is 2.78 bits per heavy atom. The van der Waals surface area contributed by atoms with E-state index < -0.39 is 5.60 Å². The molecule has 1 N–H and O–H groups in total. The quantitative estimate of drug-likeness (QED) is 0.904. The summed E-state index contributed by atoms with van der Waals surface area (Å²) in [6, 6.07) is 6.00. The van der Waals surface area contributed by atoms with Crippen LogP contribution in [-0.2, 0) is 4.74 Å². The van der Waals surface area contributed by atoms with E-state index in [-0.39, 0.29) is 23.9 Å². The SMILES string of the molecule is CCOC(=O)N1CC[C@]2(O)CCCC[C@H]2[C@H]1c1ccc(F)cc1. The molecule has 23 heavy (non-hydrogen) atoms. The summed E-state index contributed by atoms with van der Waals surface area (Å²) < 4.78 is 18.5. The van der Waals surface area contributed by atoms with Crippen LogP contribution in [0.1, 0.15) is 50.6 Å². The number of likely N-dealkylation sites (tertiary alicyclic amines) is 1. The summed E-state index contributed by atoms with van der Waals surface area (Å²) in [4.78, 5) is 14.1. The van der Waals surface area contributed by atoms with Gasteiger partial charge in [0.05, 0.1) is 18.2 Å². The Hall–Kier alpha value is -1.62. The number of ether oxygens (including phenoxy) is 1. The third kappa shape index (κ3) is 3.07. The molecular formula is C18H24FNO3. The maximum absolute atomic E-state index is 13.3. The van der Waals surface area contributed by atoms with Crippen LogP contribution in [0.3, 0.4) is 0 Å². The fraction of sp³-hybridized carbons (Fsp3) is 0.611. The molecule has 1 aromatic rings. The first-order chi connectivity index (χ1) is 11.0. The van der Waals surface area contributed by atoms with Crippen LogP contribution in [0.2, 0.25) is 0 Å². The van der Waals surface area contributed by atoms with Gasteiger partial charge in [-0.1, -0.05) is 25.0 Å². The molecule has 0 spiro atoms. The summed E-state index contributed by atoms with van der Waals surface area (Å²) in [6.45, 7) is 2.57. The first-order valence-electron chi connectivity index (χ1n) is 8.46. The highest BCUT2D eigenvalue weighted by Gasteiger charge is 2.50. The second kappa shape index (κ2) is 6.48. The Morgan fingerprint density at radius 1 is 1.35 bits per heavy atom. The molecule has 2 aliphatic rings. The number of piperidine rings is 1. The highest BCUT2D eigenvalue weighted by molar-refractivity contribution is 5.68. The number of fused-ring (bicyclic) bond motifs is 1. The zero-order valence-electron chi connectivity index (χ0n) is 13.5. The normalized spacial score (nSPS) is 30.7. The van der Waals surface area contributed by atoms with Gasteiger partial charge in [0.2, 0.25) is 0 Å². The number of nitrogens with zero attached hydrogens (tertiary/aromatic N) is 1. The maximum Gasteiger partial charge on any atom is 0.410 e. The van der Waals surface area contributed by atoms with Gasteiger partial charge in [0.25, 0.3) is 0 Å². The lowest BCUT2D eigenvalue weighted by Gasteiger charge is -2.52. The minimum Gasteiger partial charge on any atom is -0.450 e. The predicted octanol–water partition coefficient (Wildman–Crippen LogP) is 3.65. The van der Waals surface area contributed by atoms with Crippen LogP contribution in [0, 0.1) is 11.7 Å². The highest BCUT2D eigenvalue weighted by atomic mass is 19.1. The third-order valence-electron chi connectivity index (χ3n) is 5.28. The Balaban J connectivity index is 1.97. The number of halogens is 1. The first-order valence-corrected chi connectivity index (χ1v) is 8.46. The van der Waals surface area contributed by atoms with Crippen molar-refractivity contribution in [1.29, 1.82) is 0 Å². The van der Waals surface area contributed by atoms with E-state index in [2.05, 4.69) is 0 Å². The van der Waals surface area contributed by atoms with Crippen molar-refractivity contribution in [2.75, 3.05) is 13.2 Å². The van der Waals surface area contributed by atoms with Gasteiger partial charge in [-0.25, -0.2) is 9.18 Å². The molecular weight excluding hydrogens is 297 g/mol. The molecule has 4 nitrogen and oxygen atoms in total. The van der Waals surface area contributed by atoms with Gasteiger partial charge in [-0.3, -0.25) is 0 Å². The van der Waals surface area contributed by atoms with Gasteiger partial charge in [0.1, 0.15) is 5.82 Å². The van der Waals surface area contributed by atoms with Crippen LogP contribution in [0.4, 0.5) is 9.18 Å². The molecule has 1 aliphatic carbocycles. The van der Waals surface area contributed by atoms with Crippen LogP contribution in [0.15, 0.2) is 24.3 Å². The van der Waals surface area contributed by atoms with Gasteiger partial charge >= 0.3 is 6.09 Å². The van der Waals surface area contributed by atoms with Crippen LogP contribution >= 0.6 is 0 Å². The number of amides is 1. The van der Waals surface area contributed by atoms with E-state index in [1.165, 1.54) is 12.1 Å². The summed E-state index contributed by atoms with van der Waals surface area (Å²) in [5, 5.41) is 11.1. The molecule has 1 aromatic carbocycles. The average molecular weight is 321 g/mol. The molecule has 0 radical (unpaired) electrons. The number of rotatable bonds is 2. The van der Waals surface area contributed by atoms with Gasteiger partial charge < -0.3 is 14.7 Å². The zero-order valence-corrected chi connectivity index (χ0v) is 13.5. The molecule has 5 heteroatoms. The van der Waals surface area contributed by atoms with Crippen LogP contribution in [-0.4, -0.2) is 34.9 Å². The van der Waals surface area contributed by atoms with Gasteiger partial charge in [-0.15, -0.1) is 0 Å². The largest absolute Gasteiger partial charge is 0.450 e. The average Bonchev–Trinajstić information content (AvgIpc) is 2.54. The van der Waals surface area contributed by atoms with Crippen molar-refractivity contribution < 1.29 is 19.0 Å². The smallest absolute Gasteiger partial charge is 0.410 e. The molecule has 0 bridgehead atoms. The maximum atomic E-state index is 13.3. The van der Waals surface area contributed by atoms with E-state index in [9.17, 15) is 14.3 Å². The van der Waals surface area contributed by atoms with Gasteiger partial charge in [-0.05, 0) is 43.9 Å². The fourth-order valence-electron chi connectivity index (χ4n) is 4.17. The summed E-state index contributed by atoms with van der Waals surface area (Å²) in [6.07, 6.45) is 3.92. The highest BCUT2D eigenvalue weighted by Crippen LogP contribution is 2.49. The van der Waals surface area contributed by atoms with Crippen molar-refractivity contribution >= 4 is 6.09 Å². The molecule has 126 valence electrons. The van der Waals surface area contributed by atoms with E-state index in [0.717, 1.165) is 31.2 Å². The molecule has 0 unspecified atom stereocenters. The minimum absolute atomic E-state index is 0.0279. The molecule has 1 amide bonds. The molecule has 3 atom stereocenters. The predicted molar refractivity (Wildman–Crippen MR) is 84.4 cm³/mol. The summed E-state index contributed by atoms with van der Waals surface area (Å²) in [5.41, 5.74) is 0.129. The molecule has 1 heterocycles. The van der Waals surface area contributed by atoms with Crippen molar-refractivity contribution in [3.8, 4) is 0 Å². The first kappa shape index (κ1) is 16.2. The Bertz CT molecular complexity index is 562. The van der Waals surface area contributed by atoms with E-state index in [1.54, 1.807) is 24.0 Å². The van der Waals surface area contributed by atoms with Crippen LogP contribution < -0.4 is 0 Å². The van der Waals surface area contributed by atoms with Crippen molar-refractivity contribution in [2.45, 2.75) is 50.7 Å². The van der Waals surface area contributed by atoms with Crippen molar-refractivity contribution in [1.82, 2.24) is 4.90 Å². The number of aliphatic hydroxyl groups is 1. The van der Waals surface area contributed by atoms with Gasteiger partial charge in [0.15, 0.2) is 0 Å². The van der Waals surface area contributed by atoms with Crippen molar-refractivity contribution in [3.05, 3.63) is 35.6 Å².